The van der Waals surface area contributed by atoms with Crippen molar-refractivity contribution in [2.75, 3.05) is 5.75 Å². The second-order valence-electron chi connectivity index (χ2n) is 4.31. The van der Waals surface area contributed by atoms with Crippen LogP contribution in [-0.2, 0) is 0 Å². The third-order valence-corrected chi connectivity index (χ3v) is 4.46. The van der Waals surface area contributed by atoms with Crippen LogP contribution in [0.15, 0.2) is 12.2 Å². The van der Waals surface area contributed by atoms with E-state index in [-0.39, 0.29) is 0 Å². The van der Waals surface area contributed by atoms with Gasteiger partial charge >= 0.3 is 0 Å². The number of nitrogens with two attached hydrogens (primary N) is 1. The molecule has 1 nitrogen and oxygen atoms in total. The number of rotatable bonds is 6. The molecule has 1 unspecified atom stereocenters. The van der Waals surface area contributed by atoms with Gasteiger partial charge in [-0.1, -0.05) is 31.9 Å². The first-order valence-corrected chi connectivity index (χ1v) is 6.81. The van der Waals surface area contributed by atoms with Crippen LogP contribution in [0.5, 0.6) is 0 Å². The molecule has 0 bridgehead atoms. The van der Waals surface area contributed by atoms with Gasteiger partial charge < -0.3 is 5.73 Å². The molecule has 0 aliphatic heterocycles. The van der Waals surface area contributed by atoms with Gasteiger partial charge in [0, 0.05) is 17.0 Å². The molecule has 1 saturated carbocycles. The largest absolute Gasteiger partial charge is 0.327 e. The van der Waals surface area contributed by atoms with E-state index in [1.807, 2.05) is 0 Å². The second-order valence-corrected chi connectivity index (χ2v) is 5.64. The first kappa shape index (κ1) is 12.1. The topological polar surface area (TPSA) is 26.0 Å². The summed E-state index contributed by atoms with van der Waals surface area (Å²) in [6, 6.07) is 0.327. The van der Waals surface area contributed by atoms with Crippen LogP contribution in [0.2, 0.25) is 0 Å². The Hall–Kier alpha value is 0.0500. The maximum Gasteiger partial charge on any atom is 0.0167 e. The molecule has 2 heteroatoms. The summed E-state index contributed by atoms with van der Waals surface area (Å²) in [5.41, 5.74) is 7.34. The van der Waals surface area contributed by atoms with E-state index in [0.717, 1.165) is 23.8 Å². The Labute approximate surface area is 92.5 Å². The van der Waals surface area contributed by atoms with Crippen molar-refractivity contribution in [1.82, 2.24) is 0 Å². The van der Waals surface area contributed by atoms with Gasteiger partial charge in [-0.15, -0.1) is 0 Å². The second kappa shape index (κ2) is 6.52. The lowest BCUT2D eigenvalue weighted by atomic mass is 10.1. The molecule has 14 heavy (non-hydrogen) atoms. The monoisotopic (exact) mass is 213 g/mol. The minimum Gasteiger partial charge on any atom is -0.327 e. The van der Waals surface area contributed by atoms with Gasteiger partial charge in [0.2, 0.25) is 0 Å². The van der Waals surface area contributed by atoms with E-state index in [9.17, 15) is 0 Å². The number of thioether (sulfide) groups is 1. The van der Waals surface area contributed by atoms with Gasteiger partial charge in [0.05, 0.1) is 0 Å². The highest BCUT2D eigenvalue weighted by atomic mass is 32.2. The lowest BCUT2D eigenvalue weighted by Crippen LogP contribution is -2.24. The third kappa shape index (κ3) is 4.52. The predicted octanol–water partition coefficient (Wildman–Crippen LogP) is 3.35. The van der Waals surface area contributed by atoms with E-state index in [0.29, 0.717) is 6.04 Å². The highest BCUT2D eigenvalue weighted by Crippen LogP contribution is 2.29. The van der Waals surface area contributed by atoms with Crippen molar-refractivity contribution in [3.8, 4) is 0 Å². The van der Waals surface area contributed by atoms with Crippen molar-refractivity contribution in [1.29, 1.82) is 0 Å². The van der Waals surface area contributed by atoms with Gasteiger partial charge in [0.25, 0.3) is 0 Å². The molecule has 0 aromatic rings. The number of hydrogen-bond donors (Lipinski definition) is 1. The van der Waals surface area contributed by atoms with Gasteiger partial charge in [-0.05, 0) is 25.7 Å². The smallest absolute Gasteiger partial charge is 0.0167 e. The molecule has 0 heterocycles. The average Bonchev–Trinajstić information content (AvgIpc) is 2.67. The van der Waals surface area contributed by atoms with Crippen molar-refractivity contribution < 1.29 is 0 Å². The Balaban J connectivity index is 2.07. The third-order valence-electron chi connectivity index (χ3n) is 2.90. The fourth-order valence-electron chi connectivity index (χ4n) is 1.89. The van der Waals surface area contributed by atoms with Gasteiger partial charge in [-0.25, -0.2) is 0 Å². The van der Waals surface area contributed by atoms with E-state index in [1.165, 1.54) is 31.3 Å². The molecule has 0 aromatic carbocycles. The molecule has 1 atom stereocenters. The molecule has 0 radical (unpaired) electrons. The van der Waals surface area contributed by atoms with Crippen LogP contribution in [0.4, 0.5) is 0 Å². The molecule has 82 valence electrons. The van der Waals surface area contributed by atoms with Crippen molar-refractivity contribution >= 4 is 11.8 Å². The van der Waals surface area contributed by atoms with Gasteiger partial charge in [0.15, 0.2) is 0 Å². The zero-order chi connectivity index (χ0) is 10.4. The zero-order valence-electron chi connectivity index (χ0n) is 9.30. The van der Waals surface area contributed by atoms with E-state index in [4.69, 9.17) is 5.73 Å². The normalized spacial score (nSPS) is 19.9. The van der Waals surface area contributed by atoms with E-state index >= 15 is 0 Å². The Morgan fingerprint density at radius 1 is 1.50 bits per heavy atom. The number of hydrogen-bond acceptors (Lipinski definition) is 2. The molecule has 0 amide bonds. The van der Waals surface area contributed by atoms with Crippen molar-refractivity contribution in [3.05, 3.63) is 12.2 Å². The highest BCUT2D eigenvalue weighted by Gasteiger charge is 2.16. The summed E-state index contributed by atoms with van der Waals surface area (Å²) < 4.78 is 0. The molecule has 0 aromatic heterocycles. The first-order valence-electron chi connectivity index (χ1n) is 5.76. The summed E-state index contributed by atoms with van der Waals surface area (Å²) in [4.78, 5) is 0. The van der Waals surface area contributed by atoms with Gasteiger partial charge in [0.1, 0.15) is 0 Å². The average molecular weight is 213 g/mol. The minimum atomic E-state index is 0.327. The summed E-state index contributed by atoms with van der Waals surface area (Å²) in [6.45, 7) is 6.16. The lowest BCUT2D eigenvalue weighted by Gasteiger charge is -2.15. The molecule has 1 aliphatic rings. The van der Waals surface area contributed by atoms with Crippen LogP contribution in [0.3, 0.4) is 0 Å². The molecular formula is C12H23NS. The van der Waals surface area contributed by atoms with E-state index < -0.39 is 0 Å². The first-order chi connectivity index (χ1) is 6.72. The summed E-state index contributed by atoms with van der Waals surface area (Å²) in [5.74, 6) is 1.11. The van der Waals surface area contributed by atoms with Crippen LogP contribution in [0.25, 0.3) is 0 Å². The molecule has 1 aliphatic carbocycles. The molecule has 0 saturated heterocycles. The lowest BCUT2D eigenvalue weighted by molar-refractivity contribution is 0.723. The van der Waals surface area contributed by atoms with Crippen molar-refractivity contribution in [3.63, 3.8) is 0 Å². The summed E-state index contributed by atoms with van der Waals surface area (Å²) in [6.07, 6.45) is 7.75. The Kier molecular flexibility index (Phi) is 5.64. The molecular weight excluding hydrogens is 190 g/mol. The van der Waals surface area contributed by atoms with Crippen LogP contribution in [0.1, 0.15) is 45.4 Å². The van der Waals surface area contributed by atoms with Gasteiger partial charge in [-0.2, -0.15) is 11.8 Å². The Morgan fingerprint density at radius 3 is 2.71 bits per heavy atom. The van der Waals surface area contributed by atoms with Crippen LogP contribution in [-0.4, -0.2) is 17.0 Å². The minimum absolute atomic E-state index is 0.327. The Morgan fingerprint density at radius 2 is 2.14 bits per heavy atom. The van der Waals surface area contributed by atoms with E-state index in [2.05, 4.69) is 25.3 Å². The maximum absolute atomic E-state index is 6.05. The predicted molar refractivity (Wildman–Crippen MR) is 66.7 cm³/mol. The highest BCUT2D eigenvalue weighted by molar-refractivity contribution is 7.99. The summed E-state index contributed by atoms with van der Waals surface area (Å²) in [7, 11) is 0. The van der Waals surface area contributed by atoms with E-state index in [1.54, 1.807) is 0 Å². The van der Waals surface area contributed by atoms with Crippen LogP contribution < -0.4 is 5.73 Å². The fraction of sp³-hybridized carbons (Fsp3) is 0.833. The molecule has 2 N–H and O–H groups in total. The van der Waals surface area contributed by atoms with Crippen molar-refractivity contribution in [2.45, 2.75) is 56.7 Å². The standard InChI is InChI=1S/C12H23NS/c1-3-10(2)8-11(13)9-14-12-6-4-5-7-12/h11-12H,2-9,13H2,1H3. The fourth-order valence-corrected chi connectivity index (χ4v) is 3.19. The van der Waals surface area contributed by atoms with Gasteiger partial charge in [-0.3, -0.25) is 0 Å². The Bertz CT molecular complexity index is 173. The maximum atomic E-state index is 6.05. The quantitative estimate of drug-likeness (QED) is 0.685. The zero-order valence-corrected chi connectivity index (χ0v) is 10.1. The molecule has 0 spiro atoms. The SMILES string of the molecule is C=C(CC)CC(N)CSC1CCCC1. The summed E-state index contributed by atoms with van der Waals surface area (Å²) >= 11 is 2.08. The van der Waals surface area contributed by atoms with Crippen LogP contribution in [0, 0.1) is 0 Å². The van der Waals surface area contributed by atoms with Crippen molar-refractivity contribution in [2.24, 2.45) is 5.73 Å². The summed E-state index contributed by atoms with van der Waals surface area (Å²) in [5, 5.41) is 0.899. The van der Waals surface area contributed by atoms with Crippen LogP contribution >= 0.6 is 11.8 Å². The molecule has 1 rings (SSSR count). The molecule has 1 fully saturated rings.